The van der Waals surface area contributed by atoms with Gasteiger partial charge in [0, 0.05) is 5.69 Å². The van der Waals surface area contributed by atoms with E-state index in [0.29, 0.717) is 17.9 Å². The van der Waals surface area contributed by atoms with Crippen molar-refractivity contribution < 1.29 is 14.3 Å². The molecule has 5 heteroatoms. The van der Waals surface area contributed by atoms with Crippen molar-refractivity contribution >= 4 is 17.6 Å². The van der Waals surface area contributed by atoms with Gasteiger partial charge >= 0.3 is 5.97 Å². The summed E-state index contributed by atoms with van der Waals surface area (Å²) >= 11 is 0. The van der Waals surface area contributed by atoms with Crippen LogP contribution >= 0.6 is 0 Å². The Morgan fingerprint density at radius 3 is 2.65 bits per heavy atom. The molecule has 0 aliphatic carbocycles. The fourth-order valence-corrected chi connectivity index (χ4v) is 1.68. The van der Waals surface area contributed by atoms with E-state index in [4.69, 9.17) is 10.5 Å². The number of ether oxygens (including phenoxy) is 1. The van der Waals surface area contributed by atoms with Crippen LogP contribution in [0.4, 0.5) is 5.69 Å². The lowest BCUT2D eigenvalue weighted by Gasteiger charge is -2.17. The van der Waals surface area contributed by atoms with Crippen molar-refractivity contribution in [1.82, 2.24) is 0 Å². The predicted molar refractivity (Wildman–Crippen MR) is 78.5 cm³/mol. The minimum atomic E-state index is -0.564. The number of hydrogen-bond acceptors (Lipinski definition) is 4. The summed E-state index contributed by atoms with van der Waals surface area (Å²) in [4.78, 5) is 23.6. The van der Waals surface area contributed by atoms with Crippen LogP contribution in [0, 0.1) is 5.92 Å². The Morgan fingerprint density at radius 2 is 2.05 bits per heavy atom. The number of esters is 1. The van der Waals surface area contributed by atoms with E-state index in [0.717, 1.165) is 6.42 Å². The molecular weight excluding hydrogens is 256 g/mol. The summed E-state index contributed by atoms with van der Waals surface area (Å²) in [5.41, 5.74) is 6.81. The third-order valence-electron chi connectivity index (χ3n) is 3.20. The minimum Gasteiger partial charge on any atom is -0.462 e. The van der Waals surface area contributed by atoms with Gasteiger partial charge in [-0.1, -0.05) is 26.3 Å². The fourth-order valence-electron chi connectivity index (χ4n) is 1.68. The average molecular weight is 278 g/mol. The first kappa shape index (κ1) is 16.2. The molecule has 2 atom stereocenters. The van der Waals surface area contributed by atoms with Crippen molar-refractivity contribution in [3.05, 3.63) is 29.8 Å². The second kappa shape index (κ2) is 7.65. The van der Waals surface area contributed by atoms with Crippen LogP contribution in [0.25, 0.3) is 0 Å². The van der Waals surface area contributed by atoms with Crippen LogP contribution in [0.1, 0.15) is 37.6 Å². The largest absolute Gasteiger partial charge is 0.462 e. The first-order valence-corrected chi connectivity index (χ1v) is 6.83. The topological polar surface area (TPSA) is 81.4 Å². The lowest BCUT2D eigenvalue weighted by molar-refractivity contribution is -0.118. The molecule has 3 N–H and O–H groups in total. The molecule has 1 aromatic carbocycles. The van der Waals surface area contributed by atoms with Gasteiger partial charge in [0.25, 0.3) is 0 Å². The van der Waals surface area contributed by atoms with E-state index in [1.807, 2.05) is 13.8 Å². The Balaban J connectivity index is 2.76. The van der Waals surface area contributed by atoms with E-state index in [-0.39, 0.29) is 11.8 Å². The molecule has 0 fully saturated rings. The smallest absolute Gasteiger partial charge is 0.338 e. The minimum absolute atomic E-state index is 0.100. The number of hydrogen-bond donors (Lipinski definition) is 2. The normalized spacial score (nSPS) is 13.4. The van der Waals surface area contributed by atoms with E-state index in [1.54, 1.807) is 31.2 Å². The average Bonchev–Trinajstić information content (AvgIpc) is 2.46. The number of benzene rings is 1. The van der Waals surface area contributed by atoms with Gasteiger partial charge in [0.05, 0.1) is 18.2 Å². The van der Waals surface area contributed by atoms with Crippen molar-refractivity contribution in [2.45, 2.75) is 33.2 Å². The Hall–Kier alpha value is -1.88. The van der Waals surface area contributed by atoms with Crippen molar-refractivity contribution in [3.8, 4) is 0 Å². The molecule has 0 saturated heterocycles. The summed E-state index contributed by atoms with van der Waals surface area (Å²) in [6, 6.07) is 6.06. The molecule has 2 unspecified atom stereocenters. The van der Waals surface area contributed by atoms with Crippen LogP contribution in [0.2, 0.25) is 0 Å². The van der Waals surface area contributed by atoms with Crippen LogP contribution in [0.3, 0.4) is 0 Å². The Morgan fingerprint density at radius 1 is 1.35 bits per heavy atom. The number of carbonyl (C=O) groups is 2. The van der Waals surface area contributed by atoms with Gasteiger partial charge < -0.3 is 15.8 Å². The maximum Gasteiger partial charge on any atom is 0.338 e. The van der Waals surface area contributed by atoms with Gasteiger partial charge in [-0.25, -0.2) is 4.79 Å². The van der Waals surface area contributed by atoms with E-state index < -0.39 is 12.0 Å². The lowest BCUT2D eigenvalue weighted by atomic mass is 9.99. The van der Waals surface area contributed by atoms with Gasteiger partial charge in [-0.2, -0.15) is 0 Å². The third kappa shape index (κ3) is 4.35. The standard InChI is InChI=1S/C15H22N2O3/c1-4-10(3)13(16)14(18)17-12-8-6-7-11(9-12)15(19)20-5-2/h6-10,13H,4-5,16H2,1-3H3,(H,17,18). The van der Waals surface area contributed by atoms with Gasteiger partial charge in [0.15, 0.2) is 0 Å². The molecule has 0 saturated carbocycles. The maximum atomic E-state index is 12.0. The summed E-state index contributed by atoms with van der Waals surface area (Å²) in [5, 5.41) is 2.72. The number of rotatable bonds is 6. The number of carbonyl (C=O) groups excluding carboxylic acids is 2. The molecule has 0 radical (unpaired) electrons. The third-order valence-corrected chi connectivity index (χ3v) is 3.20. The van der Waals surface area contributed by atoms with Crippen molar-refractivity contribution in [2.24, 2.45) is 11.7 Å². The number of amides is 1. The molecule has 0 bridgehead atoms. The molecule has 1 amide bonds. The van der Waals surface area contributed by atoms with Gasteiger partial charge in [0.1, 0.15) is 0 Å². The van der Waals surface area contributed by atoms with E-state index >= 15 is 0 Å². The zero-order chi connectivity index (χ0) is 15.1. The van der Waals surface area contributed by atoms with Crippen molar-refractivity contribution in [1.29, 1.82) is 0 Å². The zero-order valence-corrected chi connectivity index (χ0v) is 12.2. The van der Waals surface area contributed by atoms with Crippen LogP contribution in [-0.2, 0) is 9.53 Å². The quantitative estimate of drug-likeness (QED) is 0.781. The highest BCUT2D eigenvalue weighted by molar-refractivity contribution is 5.97. The lowest BCUT2D eigenvalue weighted by Crippen LogP contribution is -2.40. The first-order chi connectivity index (χ1) is 9.49. The SMILES string of the molecule is CCOC(=O)c1cccc(NC(=O)C(N)C(C)CC)c1. The van der Waals surface area contributed by atoms with E-state index in [9.17, 15) is 9.59 Å². The number of nitrogens with two attached hydrogens (primary N) is 1. The zero-order valence-electron chi connectivity index (χ0n) is 12.2. The molecule has 20 heavy (non-hydrogen) atoms. The van der Waals surface area contributed by atoms with Crippen molar-refractivity contribution in [3.63, 3.8) is 0 Å². The highest BCUT2D eigenvalue weighted by Crippen LogP contribution is 2.14. The molecule has 1 aromatic rings. The molecule has 1 rings (SSSR count). The first-order valence-electron chi connectivity index (χ1n) is 6.83. The molecule has 5 nitrogen and oxygen atoms in total. The maximum absolute atomic E-state index is 12.0. The van der Waals surface area contributed by atoms with Gasteiger partial charge in [0.2, 0.25) is 5.91 Å². The van der Waals surface area contributed by atoms with Crippen LogP contribution in [-0.4, -0.2) is 24.5 Å². The number of anilines is 1. The number of nitrogens with one attached hydrogen (secondary N) is 1. The highest BCUT2D eigenvalue weighted by atomic mass is 16.5. The second-order valence-electron chi connectivity index (χ2n) is 4.70. The Bertz CT molecular complexity index is 474. The fraction of sp³-hybridized carbons (Fsp3) is 0.467. The van der Waals surface area contributed by atoms with Gasteiger partial charge in [-0.3, -0.25) is 4.79 Å². The summed E-state index contributed by atoms with van der Waals surface area (Å²) in [6.45, 7) is 5.97. The molecule has 0 spiro atoms. The molecule has 0 heterocycles. The van der Waals surface area contributed by atoms with E-state index in [2.05, 4.69) is 5.32 Å². The molecule has 110 valence electrons. The summed E-state index contributed by atoms with van der Waals surface area (Å²) in [5.74, 6) is -0.557. The highest BCUT2D eigenvalue weighted by Gasteiger charge is 2.19. The molecular formula is C15H22N2O3. The molecule has 0 aromatic heterocycles. The predicted octanol–water partition coefficient (Wildman–Crippen LogP) is 2.18. The summed E-state index contributed by atoms with van der Waals surface area (Å²) in [7, 11) is 0. The second-order valence-corrected chi connectivity index (χ2v) is 4.70. The van der Waals surface area contributed by atoms with Crippen LogP contribution < -0.4 is 11.1 Å². The van der Waals surface area contributed by atoms with Gasteiger partial charge in [-0.15, -0.1) is 0 Å². The summed E-state index contributed by atoms with van der Waals surface area (Å²) < 4.78 is 4.91. The van der Waals surface area contributed by atoms with E-state index in [1.165, 1.54) is 0 Å². The van der Waals surface area contributed by atoms with Crippen molar-refractivity contribution in [2.75, 3.05) is 11.9 Å². The Labute approximate surface area is 119 Å². The molecule has 0 aliphatic rings. The molecule has 0 aliphatic heterocycles. The summed E-state index contributed by atoms with van der Waals surface area (Å²) in [6.07, 6.45) is 0.831. The monoisotopic (exact) mass is 278 g/mol. The van der Waals surface area contributed by atoms with Crippen LogP contribution in [0.5, 0.6) is 0 Å². The van der Waals surface area contributed by atoms with Crippen LogP contribution in [0.15, 0.2) is 24.3 Å². The van der Waals surface area contributed by atoms with Gasteiger partial charge in [-0.05, 0) is 31.0 Å². The Kier molecular flexibility index (Phi) is 6.18.